The van der Waals surface area contributed by atoms with E-state index < -0.39 is 15.9 Å². The molecule has 3 aliphatic rings. The average Bonchev–Trinajstić information content (AvgIpc) is 2.95. The molecule has 0 radical (unpaired) electrons. The van der Waals surface area contributed by atoms with Crippen molar-refractivity contribution < 1.29 is 12.9 Å². The van der Waals surface area contributed by atoms with Gasteiger partial charge in [-0.1, -0.05) is 5.16 Å². The van der Waals surface area contributed by atoms with Crippen molar-refractivity contribution in [1.82, 2.24) is 19.9 Å². The zero-order valence-corrected chi connectivity index (χ0v) is 12.9. The van der Waals surface area contributed by atoms with Crippen LogP contribution in [0, 0.1) is 0 Å². The number of fused-ring (bicyclic) bond motifs is 3. The second kappa shape index (κ2) is 5.64. The minimum atomic E-state index is -3.03. The molecule has 1 aromatic heterocycles. The van der Waals surface area contributed by atoms with Gasteiger partial charge in [0.25, 0.3) is 0 Å². The van der Waals surface area contributed by atoms with Gasteiger partial charge in [0.2, 0.25) is 5.89 Å². The van der Waals surface area contributed by atoms with Crippen LogP contribution in [-0.4, -0.2) is 73.1 Å². The minimum Gasteiger partial charge on any atom is -0.338 e. The topological polar surface area (TPSA) is 106 Å². The quantitative estimate of drug-likeness (QED) is 0.751. The maximum Gasteiger partial charge on any atom is 0.243 e. The lowest BCUT2D eigenvalue weighted by Gasteiger charge is -2.46. The van der Waals surface area contributed by atoms with Crippen LogP contribution in [0.15, 0.2) is 4.52 Å². The van der Waals surface area contributed by atoms with E-state index in [0.29, 0.717) is 18.1 Å². The number of rotatable bonds is 5. The summed E-state index contributed by atoms with van der Waals surface area (Å²) in [5.41, 5.74) is 5.94. The Hall–Kier alpha value is -1.03. The first-order valence-electron chi connectivity index (χ1n) is 7.15. The second-order valence-electron chi connectivity index (χ2n) is 5.87. The van der Waals surface area contributed by atoms with Crippen LogP contribution in [-0.2, 0) is 9.84 Å². The third kappa shape index (κ3) is 3.42. The molecule has 1 aromatic rings. The summed E-state index contributed by atoms with van der Waals surface area (Å²) in [6.45, 7) is 5.14. The molecule has 118 valence electrons. The molecule has 3 aliphatic heterocycles. The van der Waals surface area contributed by atoms with Gasteiger partial charge in [-0.15, -0.1) is 0 Å². The summed E-state index contributed by atoms with van der Waals surface area (Å²) in [5.74, 6) is 1.00. The summed E-state index contributed by atoms with van der Waals surface area (Å²) in [7, 11) is -3.03. The van der Waals surface area contributed by atoms with Gasteiger partial charge in [-0.25, -0.2) is 8.42 Å². The van der Waals surface area contributed by atoms with Gasteiger partial charge in [-0.05, 0) is 6.42 Å². The molecular weight excluding hydrogens is 294 g/mol. The predicted octanol–water partition coefficient (Wildman–Crippen LogP) is -0.824. The van der Waals surface area contributed by atoms with Crippen molar-refractivity contribution in [3.63, 3.8) is 0 Å². The van der Waals surface area contributed by atoms with Gasteiger partial charge >= 0.3 is 0 Å². The third-order valence-corrected chi connectivity index (χ3v) is 5.13. The molecule has 2 N–H and O–H groups in total. The van der Waals surface area contributed by atoms with E-state index in [4.69, 9.17) is 10.3 Å². The zero-order valence-electron chi connectivity index (χ0n) is 12.1. The van der Waals surface area contributed by atoms with Gasteiger partial charge in [-0.3, -0.25) is 9.80 Å². The molecule has 2 unspecified atom stereocenters. The van der Waals surface area contributed by atoms with Crippen molar-refractivity contribution in [1.29, 1.82) is 0 Å². The lowest BCUT2D eigenvalue weighted by Crippen LogP contribution is -2.57. The van der Waals surface area contributed by atoms with Crippen LogP contribution in [0.1, 0.15) is 30.2 Å². The summed E-state index contributed by atoms with van der Waals surface area (Å²) >= 11 is 0. The summed E-state index contributed by atoms with van der Waals surface area (Å²) in [5, 5.41) is 4.04. The first-order chi connectivity index (χ1) is 9.92. The van der Waals surface area contributed by atoms with E-state index in [1.54, 1.807) is 0 Å². The highest BCUT2D eigenvalue weighted by atomic mass is 32.2. The van der Waals surface area contributed by atoms with Gasteiger partial charge in [0, 0.05) is 39.0 Å². The fourth-order valence-electron chi connectivity index (χ4n) is 2.86. The van der Waals surface area contributed by atoms with Crippen molar-refractivity contribution in [2.75, 3.05) is 44.7 Å². The molecule has 0 aliphatic carbocycles. The normalized spacial score (nSPS) is 30.5. The van der Waals surface area contributed by atoms with Crippen LogP contribution in [0.4, 0.5) is 0 Å². The van der Waals surface area contributed by atoms with E-state index in [2.05, 4.69) is 19.9 Å². The van der Waals surface area contributed by atoms with Crippen LogP contribution >= 0.6 is 0 Å². The van der Waals surface area contributed by atoms with E-state index in [1.165, 1.54) is 6.26 Å². The van der Waals surface area contributed by atoms with E-state index in [-0.39, 0.29) is 11.8 Å². The summed E-state index contributed by atoms with van der Waals surface area (Å²) in [6.07, 6.45) is 1.49. The minimum absolute atomic E-state index is 0.0230. The summed E-state index contributed by atoms with van der Waals surface area (Å²) in [6, 6.07) is -0.371. The highest BCUT2D eigenvalue weighted by Gasteiger charge is 2.35. The molecule has 0 saturated carbocycles. The second-order valence-corrected chi connectivity index (χ2v) is 8.13. The van der Waals surface area contributed by atoms with Crippen LogP contribution in [0.3, 0.4) is 0 Å². The van der Waals surface area contributed by atoms with Gasteiger partial charge in [0.05, 0.1) is 17.8 Å². The Balaban J connectivity index is 1.66. The fourth-order valence-corrected chi connectivity index (χ4v) is 3.54. The van der Waals surface area contributed by atoms with Crippen molar-refractivity contribution in [2.45, 2.75) is 18.5 Å². The Bertz CT molecular complexity index is 594. The summed E-state index contributed by atoms with van der Waals surface area (Å²) in [4.78, 5) is 9.14. The highest BCUT2D eigenvalue weighted by molar-refractivity contribution is 7.90. The number of nitrogens with zero attached hydrogens (tertiary/aromatic N) is 4. The molecule has 0 aromatic carbocycles. The Kier molecular flexibility index (Phi) is 4.00. The predicted molar refractivity (Wildman–Crippen MR) is 76.3 cm³/mol. The first-order valence-corrected chi connectivity index (χ1v) is 9.21. The maximum atomic E-state index is 11.2. The number of aromatic nitrogens is 2. The molecule has 0 spiro atoms. The fraction of sp³-hybridized carbons (Fsp3) is 0.833. The molecule has 2 atom stereocenters. The van der Waals surface area contributed by atoms with Crippen molar-refractivity contribution >= 4 is 9.84 Å². The third-order valence-electron chi connectivity index (χ3n) is 4.15. The van der Waals surface area contributed by atoms with E-state index in [0.717, 1.165) is 32.7 Å². The molecule has 21 heavy (non-hydrogen) atoms. The van der Waals surface area contributed by atoms with Gasteiger partial charge in [0.1, 0.15) is 9.84 Å². The smallest absolute Gasteiger partial charge is 0.243 e. The van der Waals surface area contributed by atoms with Gasteiger partial charge in [0.15, 0.2) is 5.82 Å². The highest BCUT2D eigenvalue weighted by Crippen LogP contribution is 2.27. The van der Waals surface area contributed by atoms with Crippen LogP contribution in [0.5, 0.6) is 0 Å². The lowest BCUT2D eigenvalue weighted by molar-refractivity contribution is 0.00781. The Morgan fingerprint density at radius 3 is 2.67 bits per heavy atom. The van der Waals surface area contributed by atoms with E-state index in [9.17, 15) is 8.42 Å². The largest absolute Gasteiger partial charge is 0.338 e. The van der Waals surface area contributed by atoms with Crippen LogP contribution < -0.4 is 5.73 Å². The molecule has 4 rings (SSSR count). The number of nitrogens with two attached hydrogens (primary N) is 1. The monoisotopic (exact) mass is 315 g/mol. The Labute approximate surface area is 124 Å². The SMILES string of the molecule is CS(=O)(=O)CCC(N)c1nc(C2CN3CCN2CC3)no1. The van der Waals surface area contributed by atoms with Crippen molar-refractivity contribution in [2.24, 2.45) is 5.73 Å². The van der Waals surface area contributed by atoms with Crippen molar-refractivity contribution in [3.05, 3.63) is 11.7 Å². The van der Waals surface area contributed by atoms with Crippen molar-refractivity contribution in [3.8, 4) is 0 Å². The van der Waals surface area contributed by atoms with Crippen LogP contribution in [0.25, 0.3) is 0 Å². The number of piperazine rings is 3. The Morgan fingerprint density at radius 2 is 2.10 bits per heavy atom. The molecule has 9 heteroatoms. The van der Waals surface area contributed by atoms with Crippen LogP contribution in [0.2, 0.25) is 0 Å². The standard InChI is InChI=1S/C12H21N5O3S/c1-21(18,19)7-2-9(13)12-14-11(15-20-12)10-8-16-3-5-17(10)6-4-16/h9-10H,2-8,13H2,1H3. The molecule has 2 bridgehead atoms. The van der Waals surface area contributed by atoms with Gasteiger partial charge in [-0.2, -0.15) is 4.98 Å². The average molecular weight is 315 g/mol. The molecule has 4 heterocycles. The number of hydrogen-bond acceptors (Lipinski definition) is 8. The van der Waals surface area contributed by atoms with E-state index >= 15 is 0 Å². The van der Waals surface area contributed by atoms with E-state index in [1.807, 2.05) is 0 Å². The molecular formula is C12H21N5O3S. The lowest BCUT2D eigenvalue weighted by atomic mass is 10.1. The maximum absolute atomic E-state index is 11.2. The number of hydrogen-bond donors (Lipinski definition) is 1. The Morgan fingerprint density at radius 1 is 1.38 bits per heavy atom. The molecule has 3 saturated heterocycles. The zero-order chi connectivity index (χ0) is 15.0. The number of sulfone groups is 1. The van der Waals surface area contributed by atoms with Gasteiger partial charge < -0.3 is 10.3 Å². The molecule has 8 nitrogen and oxygen atoms in total. The molecule has 0 amide bonds. The molecule has 3 fully saturated rings. The first kappa shape index (κ1) is 14.9. The summed E-state index contributed by atoms with van der Waals surface area (Å²) < 4.78 is 27.6.